The van der Waals surface area contributed by atoms with Crippen LogP contribution in [0.5, 0.6) is 0 Å². The second-order valence-electron chi connectivity index (χ2n) is 5.69. The maximum atomic E-state index is 12.4. The first kappa shape index (κ1) is 14.2. The highest BCUT2D eigenvalue weighted by atomic mass is 16.5. The van der Waals surface area contributed by atoms with Gasteiger partial charge in [0.1, 0.15) is 0 Å². The van der Waals surface area contributed by atoms with Crippen LogP contribution in [-0.4, -0.2) is 42.5 Å². The standard InChI is InChI=1S/C16H23NO2/c1-11-5-6-15(12(2)7-11)16(18)10-17-8-13(3)19-14(4)9-17/h5-7,13-14H,8-10H2,1-4H3/t13-,14+. The molecule has 19 heavy (non-hydrogen) atoms. The Morgan fingerprint density at radius 3 is 2.47 bits per heavy atom. The van der Waals surface area contributed by atoms with Gasteiger partial charge in [0.15, 0.2) is 5.78 Å². The summed E-state index contributed by atoms with van der Waals surface area (Å²) in [4.78, 5) is 14.6. The summed E-state index contributed by atoms with van der Waals surface area (Å²) in [6, 6.07) is 6.02. The second kappa shape index (κ2) is 5.85. The van der Waals surface area contributed by atoms with Gasteiger partial charge in [-0.25, -0.2) is 0 Å². The molecule has 104 valence electrons. The number of nitrogens with zero attached hydrogens (tertiary/aromatic N) is 1. The van der Waals surface area contributed by atoms with Crippen molar-refractivity contribution in [2.45, 2.75) is 39.9 Å². The quantitative estimate of drug-likeness (QED) is 0.783. The predicted molar refractivity (Wildman–Crippen MR) is 76.7 cm³/mol. The van der Waals surface area contributed by atoms with E-state index in [9.17, 15) is 4.79 Å². The summed E-state index contributed by atoms with van der Waals surface area (Å²) in [6.07, 6.45) is 0.409. The van der Waals surface area contributed by atoms with Crippen molar-refractivity contribution in [3.05, 3.63) is 34.9 Å². The molecule has 3 heteroatoms. The average molecular weight is 261 g/mol. The third-order valence-corrected chi connectivity index (χ3v) is 3.54. The maximum Gasteiger partial charge on any atom is 0.177 e. The van der Waals surface area contributed by atoms with Crippen molar-refractivity contribution >= 4 is 5.78 Å². The number of benzene rings is 1. The molecule has 0 aliphatic carbocycles. The summed E-state index contributed by atoms with van der Waals surface area (Å²) >= 11 is 0. The third-order valence-electron chi connectivity index (χ3n) is 3.54. The molecule has 0 N–H and O–H groups in total. The Hall–Kier alpha value is -1.19. The number of carbonyl (C=O) groups is 1. The van der Waals surface area contributed by atoms with Crippen molar-refractivity contribution in [3.63, 3.8) is 0 Å². The van der Waals surface area contributed by atoms with Gasteiger partial charge in [0.05, 0.1) is 18.8 Å². The highest BCUT2D eigenvalue weighted by Gasteiger charge is 2.24. The van der Waals surface area contributed by atoms with Crippen LogP contribution in [0, 0.1) is 13.8 Å². The van der Waals surface area contributed by atoms with Crippen LogP contribution < -0.4 is 0 Å². The van der Waals surface area contributed by atoms with Crippen LogP contribution in [-0.2, 0) is 4.74 Å². The number of ketones is 1. The fraction of sp³-hybridized carbons (Fsp3) is 0.562. The van der Waals surface area contributed by atoms with Crippen LogP contribution in [0.3, 0.4) is 0 Å². The Kier molecular flexibility index (Phi) is 4.38. The largest absolute Gasteiger partial charge is 0.373 e. The van der Waals surface area contributed by atoms with Gasteiger partial charge in [-0.3, -0.25) is 9.69 Å². The molecule has 0 amide bonds. The molecule has 0 spiro atoms. The Balaban J connectivity index is 2.04. The highest BCUT2D eigenvalue weighted by Crippen LogP contribution is 2.14. The first-order chi connectivity index (χ1) is 8.95. The van der Waals surface area contributed by atoms with Gasteiger partial charge in [-0.05, 0) is 33.3 Å². The van der Waals surface area contributed by atoms with E-state index >= 15 is 0 Å². The SMILES string of the molecule is Cc1ccc(C(=O)CN2C[C@@H](C)O[C@@H](C)C2)c(C)c1. The van der Waals surface area contributed by atoms with Gasteiger partial charge < -0.3 is 4.74 Å². The van der Waals surface area contributed by atoms with Crippen LogP contribution in [0.15, 0.2) is 18.2 Å². The van der Waals surface area contributed by atoms with E-state index in [0.29, 0.717) is 6.54 Å². The van der Waals surface area contributed by atoms with E-state index in [1.165, 1.54) is 5.56 Å². The molecular formula is C16H23NO2. The van der Waals surface area contributed by atoms with Crippen molar-refractivity contribution in [3.8, 4) is 0 Å². The molecule has 0 radical (unpaired) electrons. The second-order valence-corrected chi connectivity index (χ2v) is 5.69. The fourth-order valence-electron chi connectivity index (χ4n) is 2.83. The number of hydrogen-bond donors (Lipinski definition) is 0. The van der Waals surface area contributed by atoms with Crippen molar-refractivity contribution in [2.24, 2.45) is 0 Å². The van der Waals surface area contributed by atoms with Crippen molar-refractivity contribution in [2.75, 3.05) is 19.6 Å². The number of aryl methyl sites for hydroxylation is 2. The lowest BCUT2D eigenvalue weighted by atomic mass is 10.0. The Morgan fingerprint density at radius 2 is 1.89 bits per heavy atom. The smallest absolute Gasteiger partial charge is 0.177 e. The zero-order valence-electron chi connectivity index (χ0n) is 12.3. The van der Waals surface area contributed by atoms with Crippen molar-refractivity contribution in [1.29, 1.82) is 0 Å². The van der Waals surface area contributed by atoms with Crippen LogP contribution >= 0.6 is 0 Å². The van der Waals surface area contributed by atoms with E-state index < -0.39 is 0 Å². The monoisotopic (exact) mass is 261 g/mol. The van der Waals surface area contributed by atoms with E-state index in [4.69, 9.17) is 4.74 Å². The lowest BCUT2D eigenvalue weighted by Crippen LogP contribution is -2.47. The highest BCUT2D eigenvalue weighted by molar-refractivity contribution is 5.99. The number of carbonyl (C=O) groups excluding carboxylic acids is 1. The lowest BCUT2D eigenvalue weighted by Gasteiger charge is -2.34. The first-order valence-electron chi connectivity index (χ1n) is 6.94. The van der Waals surface area contributed by atoms with Gasteiger partial charge in [-0.15, -0.1) is 0 Å². The fourth-order valence-corrected chi connectivity index (χ4v) is 2.83. The van der Waals surface area contributed by atoms with E-state index in [0.717, 1.165) is 24.2 Å². The summed E-state index contributed by atoms with van der Waals surface area (Å²) in [5.41, 5.74) is 3.11. The molecule has 1 aliphatic rings. The first-order valence-corrected chi connectivity index (χ1v) is 6.94. The van der Waals surface area contributed by atoms with Crippen molar-refractivity contribution < 1.29 is 9.53 Å². The Morgan fingerprint density at radius 1 is 1.26 bits per heavy atom. The zero-order chi connectivity index (χ0) is 14.0. The number of rotatable bonds is 3. The van der Waals surface area contributed by atoms with Gasteiger partial charge in [0, 0.05) is 18.7 Å². The van der Waals surface area contributed by atoms with Crippen LogP contribution in [0.1, 0.15) is 35.3 Å². The minimum Gasteiger partial charge on any atom is -0.373 e. The molecule has 0 unspecified atom stereocenters. The van der Waals surface area contributed by atoms with Gasteiger partial charge in [-0.1, -0.05) is 23.8 Å². The minimum atomic E-state index is 0.204. The van der Waals surface area contributed by atoms with Gasteiger partial charge in [0.25, 0.3) is 0 Å². The van der Waals surface area contributed by atoms with Crippen molar-refractivity contribution in [1.82, 2.24) is 4.90 Å². The number of hydrogen-bond acceptors (Lipinski definition) is 3. The summed E-state index contributed by atoms with van der Waals surface area (Å²) in [6.45, 7) is 10.3. The lowest BCUT2D eigenvalue weighted by molar-refractivity contribution is -0.0652. The van der Waals surface area contributed by atoms with Gasteiger partial charge in [0.2, 0.25) is 0 Å². The van der Waals surface area contributed by atoms with Gasteiger partial charge in [-0.2, -0.15) is 0 Å². The van der Waals surface area contributed by atoms with Gasteiger partial charge >= 0.3 is 0 Å². The van der Waals surface area contributed by atoms with Crippen LogP contribution in [0.25, 0.3) is 0 Å². The summed E-state index contributed by atoms with van der Waals surface area (Å²) in [5, 5.41) is 0. The predicted octanol–water partition coefficient (Wildman–Crippen LogP) is 2.60. The van der Waals surface area contributed by atoms with E-state index in [1.54, 1.807) is 0 Å². The summed E-state index contributed by atoms with van der Waals surface area (Å²) in [7, 11) is 0. The Bertz CT molecular complexity index is 460. The number of Topliss-reactive ketones (excluding diaryl/α,β-unsaturated/α-hetero) is 1. The van der Waals surface area contributed by atoms with E-state index in [2.05, 4.69) is 24.8 Å². The molecular weight excluding hydrogens is 238 g/mol. The molecule has 1 aromatic carbocycles. The number of morpholine rings is 1. The molecule has 2 rings (SSSR count). The molecule has 0 saturated carbocycles. The minimum absolute atomic E-state index is 0.204. The molecule has 1 aromatic rings. The Labute approximate surface area is 115 Å². The summed E-state index contributed by atoms with van der Waals surface area (Å²) in [5.74, 6) is 0.207. The van der Waals surface area contributed by atoms with E-state index in [-0.39, 0.29) is 18.0 Å². The van der Waals surface area contributed by atoms with Crippen LogP contribution in [0.2, 0.25) is 0 Å². The maximum absolute atomic E-state index is 12.4. The normalized spacial score (nSPS) is 24.4. The molecule has 0 bridgehead atoms. The molecule has 1 saturated heterocycles. The summed E-state index contributed by atoms with van der Waals surface area (Å²) < 4.78 is 5.69. The molecule has 1 aliphatic heterocycles. The molecule has 1 heterocycles. The average Bonchev–Trinajstić information content (AvgIpc) is 2.26. The topological polar surface area (TPSA) is 29.5 Å². The molecule has 2 atom stereocenters. The molecule has 0 aromatic heterocycles. The van der Waals surface area contributed by atoms with Crippen LogP contribution in [0.4, 0.5) is 0 Å². The zero-order valence-corrected chi connectivity index (χ0v) is 12.3. The third kappa shape index (κ3) is 3.64. The van der Waals surface area contributed by atoms with E-state index in [1.807, 2.05) is 26.0 Å². The number of ether oxygens (including phenoxy) is 1. The molecule has 3 nitrogen and oxygen atoms in total. The molecule has 1 fully saturated rings.